The highest BCUT2D eigenvalue weighted by molar-refractivity contribution is 8.22. The van der Waals surface area contributed by atoms with Crippen molar-refractivity contribution >= 4 is 45.7 Å². The number of nitrogens with zero attached hydrogens (tertiary/aromatic N) is 1. The lowest BCUT2D eigenvalue weighted by molar-refractivity contribution is 0.0988. The zero-order valence-corrected chi connectivity index (χ0v) is 11.7. The number of nitrogens with one attached hydrogen (secondary N) is 1. The van der Waals surface area contributed by atoms with Crippen molar-refractivity contribution in [3.8, 4) is 0 Å². The van der Waals surface area contributed by atoms with E-state index in [1.165, 1.54) is 23.3 Å². The molecule has 1 N–H and O–H groups in total. The molecular weight excluding hydrogens is 260 g/mol. The molecule has 0 unspecified atom stereocenters. The molecule has 1 aromatic rings. The Morgan fingerprint density at radius 3 is 2.75 bits per heavy atom. The molecule has 1 amide bonds. The van der Waals surface area contributed by atoms with Crippen molar-refractivity contribution in [2.24, 2.45) is 0 Å². The first kappa shape index (κ1) is 13.5. The Kier molecular flexibility index (Phi) is 5.79. The number of amides is 1. The van der Waals surface area contributed by atoms with Crippen LogP contribution in [-0.4, -0.2) is 28.2 Å². The first-order valence-corrected chi connectivity index (χ1v) is 7.09. The fraction of sp³-hybridized carbons (Fsp3) is 0.400. The van der Waals surface area contributed by atoms with Gasteiger partial charge in [-0.1, -0.05) is 18.3 Å². The van der Waals surface area contributed by atoms with E-state index in [0.29, 0.717) is 9.20 Å². The Balaban J connectivity index is 2.40. The van der Waals surface area contributed by atoms with Crippen LogP contribution in [-0.2, 0) is 0 Å². The van der Waals surface area contributed by atoms with E-state index in [-0.39, 0.29) is 5.91 Å². The van der Waals surface area contributed by atoms with E-state index in [1.807, 2.05) is 30.2 Å². The van der Waals surface area contributed by atoms with Crippen molar-refractivity contribution in [3.05, 3.63) is 22.4 Å². The van der Waals surface area contributed by atoms with E-state index in [1.54, 1.807) is 6.07 Å². The smallest absolute Gasteiger partial charge is 0.271 e. The fourth-order valence-corrected chi connectivity index (χ4v) is 2.84. The monoisotopic (exact) mass is 274 g/mol. The molecule has 1 heterocycles. The van der Waals surface area contributed by atoms with Crippen LogP contribution in [0.1, 0.15) is 23.5 Å². The second-order valence-corrected chi connectivity index (χ2v) is 5.34. The zero-order chi connectivity index (χ0) is 12.0. The summed E-state index contributed by atoms with van der Waals surface area (Å²) in [7, 11) is 0. The third-order valence-electron chi connectivity index (χ3n) is 2.00. The fourth-order valence-electron chi connectivity index (χ4n) is 1.09. The molecule has 3 nitrogen and oxygen atoms in total. The number of thiocarbonyl (C=S) groups is 1. The van der Waals surface area contributed by atoms with Crippen molar-refractivity contribution in [2.45, 2.75) is 13.8 Å². The maximum Gasteiger partial charge on any atom is 0.271 e. The number of hydrogen-bond acceptors (Lipinski definition) is 4. The molecule has 0 aliphatic carbocycles. The van der Waals surface area contributed by atoms with Crippen molar-refractivity contribution in [2.75, 3.05) is 13.1 Å². The second-order valence-electron chi connectivity index (χ2n) is 2.95. The summed E-state index contributed by atoms with van der Waals surface area (Å²) in [5.74, 6) is -0.0884. The quantitative estimate of drug-likeness (QED) is 0.678. The number of rotatable bonds is 3. The minimum Gasteiger partial charge on any atom is -0.357 e. The maximum absolute atomic E-state index is 11.6. The van der Waals surface area contributed by atoms with E-state index in [9.17, 15) is 4.79 Å². The lowest BCUT2D eigenvalue weighted by Crippen LogP contribution is -2.30. The molecular formula is C10H14N2OS3. The van der Waals surface area contributed by atoms with Gasteiger partial charge in [-0.2, -0.15) is 0 Å². The summed E-state index contributed by atoms with van der Waals surface area (Å²) in [6.07, 6.45) is 0. The predicted molar refractivity (Wildman–Crippen MR) is 74.9 cm³/mol. The van der Waals surface area contributed by atoms with Gasteiger partial charge < -0.3 is 4.90 Å². The Bertz CT molecular complexity index is 347. The van der Waals surface area contributed by atoms with Crippen LogP contribution < -0.4 is 4.72 Å². The van der Waals surface area contributed by atoms with Crippen molar-refractivity contribution in [1.82, 2.24) is 9.62 Å². The molecule has 0 atom stereocenters. The molecule has 0 radical (unpaired) electrons. The first-order valence-electron chi connectivity index (χ1n) is 4.98. The molecule has 0 spiro atoms. The average Bonchev–Trinajstić information content (AvgIpc) is 2.81. The molecule has 1 rings (SSSR count). The molecule has 0 saturated heterocycles. The minimum absolute atomic E-state index is 0.0884. The van der Waals surface area contributed by atoms with Crippen LogP contribution in [0.15, 0.2) is 17.5 Å². The molecule has 0 fully saturated rings. The van der Waals surface area contributed by atoms with Gasteiger partial charge in [0.05, 0.1) is 4.88 Å². The topological polar surface area (TPSA) is 32.3 Å². The van der Waals surface area contributed by atoms with E-state index in [0.717, 1.165) is 13.1 Å². The van der Waals surface area contributed by atoms with Gasteiger partial charge in [0.25, 0.3) is 5.91 Å². The molecule has 0 bridgehead atoms. The third kappa shape index (κ3) is 3.77. The van der Waals surface area contributed by atoms with E-state index < -0.39 is 0 Å². The lowest BCUT2D eigenvalue weighted by Gasteiger charge is -2.20. The predicted octanol–water partition coefficient (Wildman–Crippen LogP) is 2.75. The van der Waals surface area contributed by atoms with Crippen LogP contribution in [0.4, 0.5) is 0 Å². The first-order chi connectivity index (χ1) is 7.69. The normalized spacial score (nSPS) is 9.88. The van der Waals surface area contributed by atoms with Crippen LogP contribution in [0.3, 0.4) is 0 Å². The molecule has 1 aromatic heterocycles. The number of carbonyl (C=O) groups excluding carboxylic acids is 1. The number of carbonyl (C=O) groups is 1. The zero-order valence-electron chi connectivity index (χ0n) is 9.23. The molecule has 0 aliphatic heterocycles. The Morgan fingerprint density at radius 2 is 2.25 bits per heavy atom. The summed E-state index contributed by atoms with van der Waals surface area (Å²) >= 11 is 7.82. The van der Waals surface area contributed by atoms with Crippen molar-refractivity contribution in [1.29, 1.82) is 0 Å². The maximum atomic E-state index is 11.6. The summed E-state index contributed by atoms with van der Waals surface area (Å²) in [4.78, 5) is 14.3. The Morgan fingerprint density at radius 1 is 1.56 bits per heavy atom. The molecule has 0 aliphatic rings. The number of hydrogen-bond donors (Lipinski definition) is 1. The molecule has 6 heteroatoms. The summed E-state index contributed by atoms with van der Waals surface area (Å²) in [5, 5.41) is 1.88. The highest BCUT2D eigenvalue weighted by atomic mass is 32.2. The summed E-state index contributed by atoms with van der Waals surface area (Å²) < 4.78 is 3.44. The average molecular weight is 274 g/mol. The van der Waals surface area contributed by atoms with Gasteiger partial charge in [0.15, 0.2) is 4.32 Å². The van der Waals surface area contributed by atoms with Gasteiger partial charge in [-0.25, -0.2) is 0 Å². The highest BCUT2D eigenvalue weighted by Crippen LogP contribution is 2.11. The van der Waals surface area contributed by atoms with Crippen molar-refractivity contribution < 1.29 is 4.79 Å². The Labute approximate surface area is 109 Å². The largest absolute Gasteiger partial charge is 0.357 e. The van der Waals surface area contributed by atoms with Gasteiger partial charge in [0, 0.05) is 25.0 Å². The van der Waals surface area contributed by atoms with Gasteiger partial charge in [-0.05, 0) is 25.3 Å². The molecule has 0 aromatic carbocycles. The van der Waals surface area contributed by atoms with Crippen LogP contribution >= 0.6 is 35.5 Å². The highest BCUT2D eigenvalue weighted by Gasteiger charge is 2.10. The molecule has 16 heavy (non-hydrogen) atoms. The van der Waals surface area contributed by atoms with E-state index in [2.05, 4.69) is 4.72 Å². The van der Waals surface area contributed by atoms with E-state index in [4.69, 9.17) is 12.2 Å². The minimum atomic E-state index is -0.0884. The van der Waals surface area contributed by atoms with Crippen LogP contribution in [0.2, 0.25) is 0 Å². The summed E-state index contributed by atoms with van der Waals surface area (Å²) in [6, 6.07) is 3.65. The van der Waals surface area contributed by atoms with Crippen molar-refractivity contribution in [3.63, 3.8) is 0 Å². The van der Waals surface area contributed by atoms with E-state index >= 15 is 0 Å². The van der Waals surface area contributed by atoms with Gasteiger partial charge in [-0.3, -0.25) is 9.52 Å². The van der Waals surface area contributed by atoms with Crippen LogP contribution in [0.25, 0.3) is 0 Å². The number of thiophene rings is 1. The lowest BCUT2D eigenvalue weighted by atomic mass is 10.5. The summed E-state index contributed by atoms with van der Waals surface area (Å²) in [6.45, 7) is 5.79. The van der Waals surface area contributed by atoms with Crippen LogP contribution in [0, 0.1) is 0 Å². The van der Waals surface area contributed by atoms with Gasteiger partial charge in [0.2, 0.25) is 0 Å². The Hall–Kier alpha value is -0.590. The van der Waals surface area contributed by atoms with Crippen LogP contribution in [0.5, 0.6) is 0 Å². The van der Waals surface area contributed by atoms with Gasteiger partial charge in [0.1, 0.15) is 0 Å². The molecule has 88 valence electrons. The second kappa shape index (κ2) is 6.88. The standard InChI is InChI=1S/C10H14N2OS3/c1-3-12(4-2)10(14)16-11-9(13)8-6-5-7-15-8/h5-7H,3-4H2,1-2H3,(H,11,13). The van der Waals surface area contributed by atoms with Gasteiger partial charge in [-0.15, -0.1) is 11.3 Å². The molecule has 0 saturated carbocycles. The van der Waals surface area contributed by atoms with Gasteiger partial charge >= 0.3 is 0 Å². The SMILES string of the molecule is CCN(CC)C(=S)SNC(=O)c1cccs1. The summed E-state index contributed by atoms with van der Waals surface area (Å²) in [5.41, 5.74) is 0. The third-order valence-corrected chi connectivity index (χ3v) is 4.09.